The van der Waals surface area contributed by atoms with Crippen molar-refractivity contribution in [2.24, 2.45) is 0 Å². The van der Waals surface area contributed by atoms with E-state index in [-0.39, 0.29) is 36.7 Å². The summed E-state index contributed by atoms with van der Waals surface area (Å²) >= 11 is 3.12. The summed E-state index contributed by atoms with van der Waals surface area (Å²) in [7, 11) is 3.06. The van der Waals surface area contributed by atoms with Gasteiger partial charge in [0.2, 0.25) is 11.8 Å². The van der Waals surface area contributed by atoms with Gasteiger partial charge in [-0.05, 0) is 70.8 Å². The highest BCUT2D eigenvalue weighted by molar-refractivity contribution is 7.10. The van der Waals surface area contributed by atoms with Crippen molar-refractivity contribution in [3.8, 4) is 33.6 Å². The van der Waals surface area contributed by atoms with E-state index in [1.165, 1.54) is 23.9 Å². The summed E-state index contributed by atoms with van der Waals surface area (Å²) in [5, 5.41) is 23.3. The number of nitrogens with zero attached hydrogens (tertiary/aromatic N) is 6. The molecule has 2 saturated heterocycles. The monoisotopic (exact) mass is 874 g/mol. The van der Waals surface area contributed by atoms with E-state index in [0.717, 1.165) is 80.7 Å². The first-order valence-electron chi connectivity index (χ1n) is 20.9. The molecule has 6 aromatic rings. The molecule has 2 aliphatic heterocycles. The third-order valence-corrected chi connectivity index (χ3v) is 14.0. The summed E-state index contributed by atoms with van der Waals surface area (Å²) in [6.45, 7) is 1.20. The van der Waals surface area contributed by atoms with Gasteiger partial charge in [0, 0.05) is 74.7 Å². The molecule has 2 aromatic carbocycles. The summed E-state index contributed by atoms with van der Waals surface area (Å²) < 4.78 is 0. The first kappa shape index (κ1) is 42.4. The largest absolute Gasteiger partial charge is 0.465 e. The molecule has 14 nitrogen and oxygen atoms in total. The number of benzene rings is 2. The lowest BCUT2D eigenvalue weighted by atomic mass is 10.0. The van der Waals surface area contributed by atoms with Crippen molar-refractivity contribution in [2.45, 2.75) is 75.5 Å². The van der Waals surface area contributed by atoms with Gasteiger partial charge < -0.3 is 39.8 Å². The zero-order chi connectivity index (χ0) is 43.3. The number of aromatic amines is 2. The van der Waals surface area contributed by atoms with Crippen molar-refractivity contribution < 1.29 is 29.4 Å². The van der Waals surface area contributed by atoms with Gasteiger partial charge in [0.1, 0.15) is 11.6 Å². The first-order chi connectivity index (χ1) is 30.0. The van der Waals surface area contributed by atoms with Crippen LogP contribution in [0.4, 0.5) is 9.59 Å². The smallest absolute Gasteiger partial charge is 0.407 e. The number of nitrogens with one attached hydrogen (secondary N) is 2. The molecule has 6 heterocycles. The second kappa shape index (κ2) is 18.8. The maximum Gasteiger partial charge on any atom is 0.407 e. The molecule has 2 aliphatic rings. The fraction of sp³-hybridized carbons (Fsp3) is 0.348. The van der Waals surface area contributed by atoms with Gasteiger partial charge in [-0.25, -0.2) is 19.6 Å². The molecule has 0 radical (unpaired) electrons. The molecule has 322 valence electrons. The average Bonchev–Trinajstić information content (AvgIpc) is 4.13. The third-order valence-electron chi connectivity index (χ3n) is 12.2. The number of aromatic nitrogens is 4. The molecule has 0 bridgehead atoms. The van der Waals surface area contributed by atoms with Gasteiger partial charge in [-0.3, -0.25) is 9.59 Å². The molecule has 0 aliphatic carbocycles. The predicted molar refractivity (Wildman–Crippen MR) is 239 cm³/mol. The minimum Gasteiger partial charge on any atom is -0.465 e. The Morgan fingerprint density at radius 1 is 0.645 bits per heavy atom. The van der Waals surface area contributed by atoms with Gasteiger partial charge >= 0.3 is 12.2 Å². The van der Waals surface area contributed by atoms with E-state index < -0.39 is 24.3 Å². The Morgan fingerprint density at radius 3 is 1.39 bits per heavy atom. The zero-order valence-electron chi connectivity index (χ0n) is 34.6. The Bertz CT molecular complexity index is 2290. The number of amides is 4. The highest BCUT2D eigenvalue weighted by Crippen LogP contribution is 2.35. The summed E-state index contributed by atoms with van der Waals surface area (Å²) in [4.78, 5) is 75.7. The molecule has 0 unspecified atom stereocenters. The Hall–Kier alpha value is -6.26. The van der Waals surface area contributed by atoms with Crippen LogP contribution >= 0.6 is 22.7 Å². The van der Waals surface area contributed by atoms with Crippen molar-refractivity contribution in [3.63, 3.8) is 0 Å². The number of imidazole rings is 2. The molecule has 0 spiro atoms. The number of rotatable bonds is 15. The molecule has 4 amide bonds. The van der Waals surface area contributed by atoms with Crippen LogP contribution < -0.4 is 0 Å². The molecule has 62 heavy (non-hydrogen) atoms. The quantitative estimate of drug-likeness (QED) is 0.0791. The fourth-order valence-electron chi connectivity index (χ4n) is 8.65. The van der Waals surface area contributed by atoms with Gasteiger partial charge in [0.15, 0.2) is 0 Å². The molecule has 0 saturated carbocycles. The summed E-state index contributed by atoms with van der Waals surface area (Å²) in [5.41, 5.74) is 5.74. The Morgan fingerprint density at radius 2 is 1.03 bits per heavy atom. The number of carbonyl (C=O) groups excluding carboxylic acids is 2. The highest BCUT2D eigenvalue weighted by Gasteiger charge is 2.36. The lowest BCUT2D eigenvalue weighted by Crippen LogP contribution is -2.42. The first-order valence-corrected chi connectivity index (χ1v) is 22.6. The van der Waals surface area contributed by atoms with Crippen LogP contribution in [0.2, 0.25) is 0 Å². The van der Waals surface area contributed by atoms with Crippen LogP contribution in [0.25, 0.3) is 33.6 Å². The Labute approximate surface area is 367 Å². The van der Waals surface area contributed by atoms with Gasteiger partial charge in [-0.1, -0.05) is 60.7 Å². The van der Waals surface area contributed by atoms with Crippen LogP contribution in [0.5, 0.6) is 0 Å². The molecule has 4 atom stereocenters. The maximum absolute atomic E-state index is 13.7. The van der Waals surface area contributed by atoms with Crippen LogP contribution in [0.15, 0.2) is 96.0 Å². The molecular weight excluding hydrogens is 825 g/mol. The van der Waals surface area contributed by atoms with Gasteiger partial charge in [0.05, 0.1) is 35.9 Å². The van der Waals surface area contributed by atoms with Crippen LogP contribution in [-0.4, -0.2) is 113 Å². The second-order valence-corrected chi connectivity index (χ2v) is 18.1. The van der Waals surface area contributed by atoms with Crippen molar-refractivity contribution in [2.75, 3.05) is 27.2 Å². The summed E-state index contributed by atoms with van der Waals surface area (Å²) in [6.07, 6.45) is 5.94. The summed E-state index contributed by atoms with van der Waals surface area (Å²) in [5.74, 6) is 1.30. The van der Waals surface area contributed by atoms with E-state index in [2.05, 4.69) is 58.5 Å². The molecule has 8 rings (SSSR count). The number of thiophene rings is 2. The lowest BCUT2D eigenvalue weighted by Gasteiger charge is -2.29. The highest BCUT2D eigenvalue weighted by atomic mass is 32.1. The SMILES string of the molecule is CN(C(=O)O)[C@H](CC(=O)N1CCC[C@H]1c1ncc(-c2ccc(-c3ccc(-c4cnc([C@@H]5CCCN5C(=O)C[C@H](Cc5cccs5)N(C)C(=O)O)[nH]4)cc3)cc2)[nH]1)Cc1cccs1. The van der Waals surface area contributed by atoms with E-state index in [0.29, 0.717) is 25.9 Å². The van der Waals surface area contributed by atoms with E-state index in [1.807, 2.05) is 44.8 Å². The number of hydrogen-bond acceptors (Lipinski definition) is 8. The number of carbonyl (C=O) groups is 4. The van der Waals surface area contributed by atoms with E-state index in [4.69, 9.17) is 9.97 Å². The van der Waals surface area contributed by atoms with Crippen LogP contribution in [-0.2, 0) is 22.4 Å². The summed E-state index contributed by atoms with van der Waals surface area (Å²) in [6, 6.07) is 23.0. The fourth-order valence-corrected chi connectivity index (χ4v) is 10.2. The van der Waals surface area contributed by atoms with Crippen molar-refractivity contribution in [1.82, 2.24) is 39.5 Å². The van der Waals surface area contributed by atoms with Crippen LogP contribution in [0.1, 0.15) is 72.0 Å². The van der Waals surface area contributed by atoms with Crippen LogP contribution in [0, 0.1) is 0 Å². The predicted octanol–water partition coefficient (Wildman–Crippen LogP) is 8.81. The molecule has 2 fully saturated rings. The molecule has 4 N–H and O–H groups in total. The van der Waals surface area contributed by atoms with Crippen molar-refractivity contribution >= 4 is 46.7 Å². The molecule has 16 heteroatoms. The van der Waals surface area contributed by atoms with Gasteiger partial charge in [-0.2, -0.15) is 0 Å². The number of H-pyrrole nitrogens is 2. The molecule has 4 aromatic heterocycles. The minimum atomic E-state index is -1.05. The topological polar surface area (TPSA) is 179 Å². The lowest BCUT2D eigenvalue weighted by molar-refractivity contribution is -0.134. The molecular formula is C46H50N8O6S2. The zero-order valence-corrected chi connectivity index (χ0v) is 36.3. The van der Waals surface area contributed by atoms with Crippen LogP contribution in [0.3, 0.4) is 0 Å². The van der Waals surface area contributed by atoms with Gasteiger partial charge in [-0.15, -0.1) is 22.7 Å². The average molecular weight is 875 g/mol. The van der Waals surface area contributed by atoms with Gasteiger partial charge in [0.25, 0.3) is 0 Å². The minimum absolute atomic E-state index is 0.0748. The second-order valence-electron chi connectivity index (χ2n) is 16.1. The van der Waals surface area contributed by atoms with E-state index in [1.54, 1.807) is 35.1 Å². The van der Waals surface area contributed by atoms with E-state index in [9.17, 15) is 29.4 Å². The maximum atomic E-state index is 13.7. The third kappa shape index (κ3) is 9.45. The Kier molecular flexibility index (Phi) is 12.9. The standard InChI is InChI=1S/C46H50N8O6S2/c1-51(45(57)58)33(23-35-7-5-21-61-35)25-41(55)53-19-3-9-39(53)43-47-27-37(49-43)31-15-11-29(12-16-31)30-13-17-32(18-14-30)38-28-48-44(50-38)40-10-4-20-54(40)42(56)26-34(52(2)46(59)60)24-36-8-6-22-62-36/h5-8,11-18,21-22,27-28,33-34,39-40H,3-4,9-10,19-20,23-26H2,1-2H3,(H,47,49)(H,48,50)(H,57,58)(H,59,60)/t33-,34-,39-,40-/m0/s1. The Balaban J connectivity index is 0.889. The van der Waals surface area contributed by atoms with Crippen molar-refractivity contribution in [3.05, 3.63) is 117 Å². The number of hydrogen-bond donors (Lipinski definition) is 4. The number of carboxylic acid groups (broad SMARTS) is 2. The number of likely N-dealkylation sites (tertiary alicyclic amines) is 2. The van der Waals surface area contributed by atoms with Crippen molar-refractivity contribution in [1.29, 1.82) is 0 Å². The van der Waals surface area contributed by atoms with E-state index >= 15 is 0 Å². The normalized spacial score (nSPS) is 17.3. The number of likely N-dealkylation sites (N-methyl/N-ethyl adjacent to an activating group) is 2.